The van der Waals surface area contributed by atoms with Crippen LogP contribution < -0.4 is 14.4 Å². The lowest BCUT2D eigenvalue weighted by atomic mass is 10.1. The summed E-state index contributed by atoms with van der Waals surface area (Å²) in [4.78, 5) is 40.9. The summed E-state index contributed by atoms with van der Waals surface area (Å²) >= 11 is 0. The van der Waals surface area contributed by atoms with Gasteiger partial charge in [-0.2, -0.15) is 0 Å². The molecule has 2 heterocycles. The van der Waals surface area contributed by atoms with Crippen LogP contribution in [0.1, 0.15) is 32.6 Å². The molecular weight excluding hydrogens is 376 g/mol. The van der Waals surface area contributed by atoms with Crippen molar-refractivity contribution in [1.29, 1.82) is 0 Å². The molecule has 1 aromatic rings. The SMILES string of the molecule is COc1ccc(N2C[C@@H](C(=O)O[C@@H](C)C(=O)N3CCCCC3)CC2=O)c(OC)c1. The van der Waals surface area contributed by atoms with Gasteiger partial charge in [-0.25, -0.2) is 0 Å². The Hall–Kier alpha value is -2.77. The monoisotopic (exact) mass is 404 g/mol. The van der Waals surface area contributed by atoms with Crippen molar-refractivity contribution in [3.8, 4) is 11.5 Å². The minimum absolute atomic E-state index is 0.0403. The van der Waals surface area contributed by atoms with Crippen LogP contribution in [-0.4, -0.2) is 62.6 Å². The fraction of sp³-hybridized carbons (Fsp3) is 0.571. The van der Waals surface area contributed by atoms with Crippen LogP contribution in [0.15, 0.2) is 18.2 Å². The van der Waals surface area contributed by atoms with Crippen LogP contribution in [0.5, 0.6) is 11.5 Å². The average molecular weight is 404 g/mol. The smallest absolute Gasteiger partial charge is 0.312 e. The molecule has 0 aliphatic carbocycles. The van der Waals surface area contributed by atoms with Crippen LogP contribution in [0, 0.1) is 5.92 Å². The molecule has 8 nitrogen and oxygen atoms in total. The third kappa shape index (κ3) is 4.63. The van der Waals surface area contributed by atoms with Gasteiger partial charge < -0.3 is 24.0 Å². The fourth-order valence-electron chi connectivity index (χ4n) is 3.80. The summed E-state index contributed by atoms with van der Waals surface area (Å²) < 4.78 is 16.0. The van der Waals surface area contributed by atoms with Crippen LogP contribution in [0.2, 0.25) is 0 Å². The standard InChI is InChI=1S/C21H28N2O6/c1-14(20(25)22-9-5-4-6-10-22)29-21(26)15-11-19(24)23(13-15)17-8-7-16(27-2)12-18(17)28-3/h7-8,12,14-15H,4-6,9-11,13H2,1-3H3/t14-,15-/m0/s1. The first-order valence-corrected chi connectivity index (χ1v) is 9.96. The molecule has 0 unspecified atom stereocenters. The van der Waals surface area contributed by atoms with E-state index in [2.05, 4.69) is 0 Å². The number of esters is 1. The largest absolute Gasteiger partial charge is 0.497 e. The minimum Gasteiger partial charge on any atom is -0.497 e. The first-order chi connectivity index (χ1) is 13.9. The van der Waals surface area contributed by atoms with Crippen molar-refractivity contribution < 1.29 is 28.6 Å². The number of anilines is 1. The number of hydrogen-bond acceptors (Lipinski definition) is 6. The van der Waals surface area contributed by atoms with E-state index in [1.165, 1.54) is 12.0 Å². The Kier molecular flexibility index (Phi) is 6.61. The summed E-state index contributed by atoms with van der Waals surface area (Å²) in [6, 6.07) is 5.15. The van der Waals surface area contributed by atoms with Gasteiger partial charge in [0, 0.05) is 32.1 Å². The summed E-state index contributed by atoms with van der Waals surface area (Å²) in [7, 11) is 3.06. The number of benzene rings is 1. The van der Waals surface area contributed by atoms with Crippen molar-refractivity contribution in [3.63, 3.8) is 0 Å². The van der Waals surface area contributed by atoms with Crippen molar-refractivity contribution in [3.05, 3.63) is 18.2 Å². The van der Waals surface area contributed by atoms with E-state index in [-0.39, 0.29) is 24.8 Å². The molecule has 3 rings (SSSR count). The lowest BCUT2D eigenvalue weighted by molar-refractivity contribution is -0.162. The molecule has 8 heteroatoms. The molecule has 2 fully saturated rings. The van der Waals surface area contributed by atoms with E-state index in [1.54, 1.807) is 37.1 Å². The maximum absolute atomic E-state index is 12.6. The third-order valence-corrected chi connectivity index (χ3v) is 5.44. The van der Waals surface area contributed by atoms with Gasteiger partial charge in [-0.05, 0) is 38.3 Å². The summed E-state index contributed by atoms with van der Waals surface area (Å²) in [5.74, 6) is -0.405. The number of carbonyl (C=O) groups is 3. The van der Waals surface area contributed by atoms with Crippen LogP contribution in [0.3, 0.4) is 0 Å². The van der Waals surface area contributed by atoms with E-state index in [1.807, 2.05) is 0 Å². The second-order valence-electron chi connectivity index (χ2n) is 7.41. The Bertz CT molecular complexity index is 774. The molecule has 1 aromatic carbocycles. The lowest BCUT2D eigenvalue weighted by Crippen LogP contribution is -2.43. The van der Waals surface area contributed by atoms with Crippen molar-refractivity contribution in [1.82, 2.24) is 4.90 Å². The van der Waals surface area contributed by atoms with Crippen molar-refractivity contribution in [2.24, 2.45) is 5.92 Å². The molecule has 2 atom stereocenters. The predicted molar refractivity (Wildman–Crippen MR) is 106 cm³/mol. The van der Waals surface area contributed by atoms with Gasteiger partial charge in [0.2, 0.25) is 5.91 Å². The molecule has 0 spiro atoms. The molecule has 29 heavy (non-hydrogen) atoms. The Morgan fingerprint density at radius 1 is 1.10 bits per heavy atom. The molecule has 0 bridgehead atoms. The number of ether oxygens (including phenoxy) is 3. The summed E-state index contributed by atoms with van der Waals surface area (Å²) in [6.45, 7) is 3.18. The van der Waals surface area contributed by atoms with Crippen LogP contribution in [-0.2, 0) is 19.1 Å². The highest BCUT2D eigenvalue weighted by Gasteiger charge is 2.38. The number of hydrogen-bond donors (Lipinski definition) is 0. The van der Waals surface area contributed by atoms with Crippen LogP contribution in [0.4, 0.5) is 5.69 Å². The fourth-order valence-corrected chi connectivity index (χ4v) is 3.80. The Labute approximate surface area is 170 Å². The first-order valence-electron chi connectivity index (χ1n) is 9.96. The molecule has 2 aliphatic heterocycles. The van der Waals surface area contributed by atoms with E-state index in [9.17, 15) is 14.4 Å². The van der Waals surface area contributed by atoms with Gasteiger partial charge in [0.15, 0.2) is 6.10 Å². The van der Waals surface area contributed by atoms with E-state index in [0.717, 1.165) is 19.3 Å². The topological polar surface area (TPSA) is 85.4 Å². The number of rotatable bonds is 6. The number of likely N-dealkylation sites (tertiary alicyclic amines) is 1. The summed E-state index contributed by atoms with van der Waals surface area (Å²) in [5.41, 5.74) is 0.575. The number of nitrogens with zero attached hydrogens (tertiary/aromatic N) is 2. The molecule has 2 amide bonds. The zero-order valence-electron chi connectivity index (χ0n) is 17.2. The van der Waals surface area contributed by atoms with Gasteiger partial charge in [0.1, 0.15) is 11.5 Å². The van der Waals surface area contributed by atoms with Crippen molar-refractivity contribution >= 4 is 23.5 Å². The van der Waals surface area contributed by atoms with E-state index in [0.29, 0.717) is 30.3 Å². The minimum atomic E-state index is -0.847. The number of amides is 2. The van der Waals surface area contributed by atoms with E-state index >= 15 is 0 Å². The third-order valence-electron chi connectivity index (χ3n) is 5.44. The quantitative estimate of drug-likeness (QED) is 0.674. The Morgan fingerprint density at radius 2 is 1.83 bits per heavy atom. The Morgan fingerprint density at radius 3 is 2.48 bits per heavy atom. The number of piperidine rings is 1. The van der Waals surface area contributed by atoms with E-state index in [4.69, 9.17) is 14.2 Å². The molecule has 0 N–H and O–H groups in total. The number of carbonyl (C=O) groups excluding carboxylic acids is 3. The second kappa shape index (κ2) is 9.15. The molecule has 2 saturated heterocycles. The van der Waals surface area contributed by atoms with Gasteiger partial charge in [-0.15, -0.1) is 0 Å². The van der Waals surface area contributed by atoms with Gasteiger partial charge in [-0.1, -0.05) is 0 Å². The van der Waals surface area contributed by atoms with Gasteiger partial charge >= 0.3 is 5.97 Å². The molecule has 0 saturated carbocycles. The molecule has 0 radical (unpaired) electrons. The molecule has 158 valence electrons. The summed E-state index contributed by atoms with van der Waals surface area (Å²) in [6.07, 6.45) is 2.26. The predicted octanol–water partition coefficient (Wildman–Crippen LogP) is 2.00. The van der Waals surface area contributed by atoms with Crippen molar-refractivity contribution in [2.75, 3.05) is 38.8 Å². The zero-order chi connectivity index (χ0) is 21.0. The zero-order valence-corrected chi connectivity index (χ0v) is 17.2. The lowest BCUT2D eigenvalue weighted by Gasteiger charge is -2.29. The van der Waals surface area contributed by atoms with Crippen LogP contribution in [0.25, 0.3) is 0 Å². The molecule has 0 aromatic heterocycles. The highest BCUT2D eigenvalue weighted by atomic mass is 16.5. The molecule has 2 aliphatic rings. The van der Waals surface area contributed by atoms with Gasteiger partial charge in [0.25, 0.3) is 5.91 Å². The summed E-state index contributed by atoms with van der Waals surface area (Å²) in [5, 5.41) is 0. The maximum Gasteiger partial charge on any atom is 0.312 e. The number of methoxy groups -OCH3 is 2. The average Bonchev–Trinajstić information content (AvgIpc) is 3.14. The van der Waals surface area contributed by atoms with E-state index < -0.39 is 18.0 Å². The Balaban J connectivity index is 1.63. The first kappa shape index (κ1) is 21.0. The van der Waals surface area contributed by atoms with Gasteiger partial charge in [-0.3, -0.25) is 14.4 Å². The normalized spacial score (nSPS) is 20.4. The highest BCUT2D eigenvalue weighted by Crippen LogP contribution is 2.36. The maximum atomic E-state index is 12.6. The second-order valence-corrected chi connectivity index (χ2v) is 7.41. The van der Waals surface area contributed by atoms with Gasteiger partial charge in [0.05, 0.1) is 25.8 Å². The molecular formula is C21H28N2O6. The van der Waals surface area contributed by atoms with Crippen molar-refractivity contribution in [2.45, 2.75) is 38.7 Å². The van der Waals surface area contributed by atoms with Crippen LogP contribution >= 0.6 is 0 Å². The highest BCUT2D eigenvalue weighted by molar-refractivity contribution is 6.01.